The number of aryl methyl sites for hydroxylation is 1. The van der Waals surface area contributed by atoms with E-state index >= 15 is 0 Å². The second kappa shape index (κ2) is 6.90. The highest BCUT2D eigenvalue weighted by atomic mass is 32.1. The summed E-state index contributed by atoms with van der Waals surface area (Å²) in [5.41, 5.74) is 1.13. The number of nitrogens with zero attached hydrogens (tertiary/aromatic N) is 1. The minimum Gasteiger partial charge on any atom is -0.314 e. The SMILES string of the molecule is CCNC(Cc1nc(C)cs1)Cc1c(F)cccc1F. The van der Waals surface area contributed by atoms with Crippen LogP contribution in [-0.4, -0.2) is 17.6 Å². The molecule has 1 aromatic carbocycles. The van der Waals surface area contributed by atoms with Crippen LogP contribution < -0.4 is 5.32 Å². The highest BCUT2D eigenvalue weighted by Gasteiger charge is 2.16. The molecule has 2 rings (SSSR count). The molecule has 0 aliphatic carbocycles. The second-order valence-corrected chi connectivity index (χ2v) is 5.69. The molecule has 0 saturated heterocycles. The molecule has 20 heavy (non-hydrogen) atoms. The summed E-state index contributed by atoms with van der Waals surface area (Å²) in [6.45, 7) is 4.68. The standard InChI is InChI=1S/C15H18F2N2S/c1-3-18-11(8-15-19-10(2)9-20-15)7-12-13(16)5-4-6-14(12)17/h4-6,9,11,18H,3,7-8H2,1-2H3. The van der Waals surface area contributed by atoms with E-state index in [0.29, 0.717) is 12.8 Å². The lowest BCUT2D eigenvalue weighted by Crippen LogP contribution is -2.33. The van der Waals surface area contributed by atoms with Crippen molar-refractivity contribution >= 4 is 11.3 Å². The number of likely N-dealkylation sites (N-methyl/N-ethyl adjacent to an activating group) is 1. The molecule has 1 unspecified atom stereocenters. The Kier molecular flexibility index (Phi) is 5.20. The molecule has 0 spiro atoms. The van der Waals surface area contributed by atoms with E-state index < -0.39 is 11.6 Å². The number of rotatable bonds is 6. The average Bonchev–Trinajstić information content (AvgIpc) is 2.80. The van der Waals surface area contributed by atoms with Crippen LogP contribution >= 0.6 is 11.3 Å². The van der Waals surface area contributed by atoms with Crippen molar-refractivity contribution in [1.82, 2.24) is 10.3 Å². The van der Waals surface area contributed by atoms with Crippen molar-refractivity contribution < 1.29 is 8.78 Å². The summed E-state index contributed by atoms with van der Waals surface area (Å²) in [4.78, 5) is 4.41. The van der Waals surface area contributed by atoms with E-state index in [4.69, 9.17) is 0 Å². The van der Waals surface area contributed by atoms with Crippen LogP contribution in [0.3, 0.4) is 0 Å². The van der Waals surface area contributed by atoms with Crippen LogP contribution in [0.4, 0.5) is 8.78 Å². The van der Waals surface area contributed by atoms with Gasteiger partial charge in [-0.15, -0.1) is 11.3 Å². The molecule has 0 aliphatic heterocycles. The lowest BCUT2D eigenvalue weighted by molar-refractivity contribution is 0.483. The third-order valence-corrected chi connectivity index (χ3v) is 4.08. The fourth-order valence-electron chi connectivity index (χ4n) is 2.19. The largest absolute Gasteiger partial charge is 0.314 e. The maximum Gasteiger partial charge on any atom is 0.129 e. The van der Waals surface area contributed by atoms with Crippen molar-refractivity contribution in [3.63, 3.8) is 0 Å². The van der Waals surface area contributed by atoms with Gasteiger partial charge in [0.25, 0.3) is 0 Å². The summed E-state index contributed by atoms with van der Waals surface area (Å²) in [7, 11) is 0. The number of aromatic nitrogens is 1. The van der Waals surface area contributed by atoms with Gasteiger partial charge in [-0.2, -0.15) is 0 Å². The predicted molar refractivity (Wildman–Crippen MR) is 78.1 cm³/mol. The third-order valence-electron chi connectivity index (χ3n) is 3.09. The summed E-state index contributed by atoms with van der Waals surface area (Å²) in [6, 6.07) is 3.97. The zero-order valence-electron chi connectivity index (χ0n) is 11.6. The Morgan fingerprint density at radius 3 is 2.50 bits per heavy atom. The smallest absolute Gasteiger partial charge is 0.129 e. The number of halogens is 2. The van der Waals surface area contributed by atoms with Gasteiger partial charge >= 0.3 is 0 Å². The van der Waals surface area contributed by atoms with Crippen LogP contribution in [0, 0.1) is 18.6 Å². The van der Waals surface area contributed by atoms with Gasteiger partial charge in [0.2, 0.25) is 0 Å². The molecule has 0 bridgehead atoms. The highest BCUT2D eigenvalue weighted by molar-refractivity contribution is 7.09. The normalized spacial score (nSPS) is 12.6. The molecule has 5 heteroatoms. The van der Waals surface area contributed by atoms with Gasteiger partial charge in [-0.1, -0.05) is 13.0 Å². The Morgan fingerprint density at radius 2 is 1.95 bits per heavy atom. The lowest BCUT2D eigenvalue weighted by atomic mass is 10.0. The van der Waals surface area contributed by atoms with Crippen molar-refractivity contribution in [2.45, 2.75) is 32.7 Å². The molecule has 1 aromatic heterocycles. The van der Waals surface area contributed by atoms with E-state index in [2.05, 4.69) is 10.3 Å². The zero-order valence-corrected chi connectivity index (χ0v) is 12.4. The molecule has 0 aliphatic rings. The third kappa shape index (κ3) is 3.84. The van der Waals surface area contributed by atoms with Crippen LogP contribution in [0.2, 0.25) is 0 Å². The van der Waals surface area contributed by atoms with Crippen LogP contribution in [-0.2, 0) is 12.8 Å². The van der Waals surface area contributed by atoms with Crippen molar-refractivity contribution in [1.29, 1.82) is 0 Å². The van der Waals surface area contributed by atoms with E-state index in [0.717, 1.165) is 17.2 Å². The molecular formula is C15H18F2N2S. The number of thiazole rings is 1. The minimum absolute atomic E-state index is 0.0167. The van der Waals surface area contributed by atoms with Gasteiger partial charge in [-0.3, -0.25) is 0 Å². The van der Waals surface area contributed by atoms with Crippen LogP contribution in [0.25, 0.3) is 0 Å². The molecule has 0 radical (unpaired) electrons. The van der Waals surface area contributed by atoms with Crippen molar-refractivity contribution in [2.24, 2.45) is 0 Å². The topological polar surface area (TPSA) is 24.9 Å². The fraction of sp³-hybridized carbons (Fsp3) is 0.400. The highest BCUT2D eigenvalue weighted by Crippen LogP contribution is 2.17. The second-order valence-electron chi connectivity index (χ2n) is 4.75. The van der Waals surface area contributed by atoms with Gasteiger partial charge in [0.15, 0.2) is 0 Å². The fourth-order valence-corrected chi connectivity index (χ4v) is 3.04. The molecule has 108 valence electrons. The zero-order chi connectivity index (χ0) is 14.5. The summed E-state index contributed by atoms with van der Waals surface area (Å²) in [5, 5.41) is 6.26. The number of hydrogen-bond acceptors (Lipinski definition) is 3. The maximum absolute atomic E-state index is 13.7. The first-order valence-corrected chi connectivity index (χ1v) is 7.55. The summed E-state index contributed by atoms with van der Waals surface area (Å²) in [6.07, 6.45) is 1.01. The molecular weight excluding hydrogens is 278 g/mol. The van der Waals surface area contributed by atoms with Crippen molar-refractivity contribution in [3.05, 3.63) is 51.5 Å². The minimum atomic E-state index is -0.483. The molecule has 1 heterocycles. The number of hydrogen-bond donors (Lipinski definition) is 1. The van der Waals surface area contributed by atoms with Crippen molar-refractivity contribution in [3.8, 4) is 0 Å². The Balaban J connectivity index is 2.13. The molecule has 0 fully saturated rings. The van der Waals surface area contributed by atoms with E-state index in [9.17, 15) is 8.78 Å². The molecule has 0 amide bonds. The predicted octanol–water partition coefficient (Wildman–Crippen LogP) is 3.49. The first-order valence-electron chi connectivity index (χ1n) is 6.67. The van der Waals surface area contributed by atoms with Gasteiger partial charge in [0.1, 0.15) is 11.6 Å². The maximum atomic E-state index is 13.7. The van der Waals surface area contributed by atoms with Crippen LogP contribution in [0.5, 0.6) is 0 Å². The monoisotopic (exact) mass is 296 g/mol. The van der Waals surface area contributed by atoms with E-state index in [1.54, 1.807) is 11.3 Å². The molecule has 1 N–H and O–H groups in total. The average molecular weight is 296 g/mol. The Hall–Kier alpha value is -1.33. The number of nitrogens with one attached hydrogen (secondary N) is 1. The van der Waals surface area contributed by atoms with Gasteiger partial charge in [0, 0.05) is 29.1 Å². The van der Waals surface area contributed by atoms with Crippen LogP contribution in [0.15, 0.2) is 23.6 Å². The van der Waals surface area contributed by atoms with Gasteiger partial charge in [-0.05, 0) is 32.0 Å². The van der Waals surface area contributed by atoms with Crippen molar-refractivity contribution in [2.75, 3.05) is 6.54 Å². The first kappa shape index (κ1) is 15.1. The Labute approximate surface area is 121 Å². The number of benzene rings is 1. The summed E-state index contributed by atoms with van der Waals surface area (Å²) < 4.78 is 27.4. The lowest BCUT2D eigenvalue weighted by Gasteiger charge is -2.17. The summed E-state index contributed by atoms with van der Waals surface area (Å²) >= 11 is 1.58. The van der Waals surface area contributed by atoms with Gasteiger partial charge in [-0.25, -0.2) is 13.8 Å². The van der Waals surface area contributed by atoms with Crippen LogP contribution in [0.1, 0.15) is 23.2 Å². The van der Waals surface area contributed by atoms with Gasteiger partial charge in [0.05, 0.1) is 5.01 Å². The molecule has 0 saturated carbocycles. The van der Waals surface area contributed by atoms with Gasteiger partial charge < -0.3 is 5.32 Å². The summed E-state index contributed by atoms with van der Waals surface area (Å²) in [5.74, 6) is -0.966. The first-order chi connectivity index (χ1) is 9.60. The molecule has 1 atom stereocenters. The quantitative estimate of drug-likeness (QED) is 0.882. The molecule has 2 nitrogen and oxygen atoms in total. The Morgan fingerprint density at radius 1 is 1.25 bits per heavy atom. The Bertz CT molecular complexity index is 549. The van der Waals surface area contributed by atoms with E-state index in [1.165, 1.54) is 18.2 Å². The van der Waals surface area contributed by atoms with E-state index in [1.807, 2.05) is 19.2 Å². The van der Waals surface area contributed by atoms with E-state index in [-0.39, 0.29) is 11.6 Å². The molecule has 2 aromatic rings.